The number of rotatable bonds is 6. The lowest BCUT2D eigenvalue weighted by Crippen LogP contribution is -2.09. The Bertz CT molecular complexity index is 632. The van der Waals surface area contributed by atoms with Crippen molar-refractivity contribution in [1.82, 2.24) is 0 Å². The van der Waals surface area contributed by atoms with E-state index in [1.165, 1.54) is 12.1 Å². The molecule has 0 saturated heterocycles. The Morgan fingerprint density at radius 2 is 1.76 bits per heavy atom. The number of benzene rings is 2. The molecule has 0 amide bonds. The van der Waals surface area contributed by atoms with Crippen LogP contribution in [0.3, 0.4) is 0 Å². The SMILES string of the molecule is Cc1cc(F)ccc1OCCOc1ccc(CC#N)cc1. The molecule has 2 aromatic carbocycles. The van der Waals surface area contributed by atoms with Crippen LogP contribution in [0.2, 0.25) is 0 Å². The van der Waals surface area contributed by atoms with Gasteiger partial charge in [0.05, 0.1) is 12.5 Å². The zero-order chi connectivity index (χ0) is 15.1. The minimum atomic E-state index is -0.270. The molecule has 4 heteroatoms. The molecule has 21 heavy (non-hydrogen) atoms. The molecule has 2 aromatic rings. The molecule has 0 heterocycles. The molecule has 0 radical (unpaired) electrons. The van der Waals surface area contributed by atoms with Gasteiger partial charge in [0.2, 0.25) is 0 Å². The van der Waals surface area contributed by atoms with Gasteiger partial charge in [0.1, 0.15) is 30.5 Å². The molecule has 0 aliphatic carbocycles. The number of nitriles is 1. The third kappa shape index (κ3) is 4.50. The number of ether oxygens (including phenoxy) is 2. The Labute approximate surface area is 123 Å². The minimum Gasteiger partial charge on any atom is -0.490 e. The van der Waals surface area contributed by atoms with Gasteiger partial charge in [-0.3, -0.25) is 0 Å². The van der Waals surface area contributed by atoms with Crippen LogP contribution >= 0.6 is 0 Å². The number of halogens is 1. The summed E-state index contributed by atoms with van der Waals surface area (Å²) in [6.07, 6.45) is 0.396. The Morgan fingerprint density at radius 3 is 2.43 bits per heavy atom. The summed E-state index contributed by atoms with van der Waals surface area (Å²) < 4.78 is 24.0. The van der Waals surface area contributed by atoms with E-state index in [1.807, 2.05) is 24.3 Å². The van der Waals surface area contributed by atoms with E-state index in [0.717, 1.165) is 16.9 Å². The van der Waals surface area contributed by atoms with E-state index >= 15 is 0 Å². The second kappa shape index (κ2) is 7.30. The quantitative estimate of drug-likeness (QED) is 0.761. The first kappa shape index (κ1) is 14.9. The van der Waals surface area contributed by atoms with Crippen molar-refractivity contribution in [2.45, 2.75) is 13.3 Å². The minimum absolute atomic E-state index is 0.270. The van der Waals surface area contributed by atoms with E-state index in [2.05, 4.69) is 6.07 Å². The molecule has 0 N–H and O–H groups in total. The molecule has 0 unspecified atom stereocenters. The van der Waals surface area contributed by atoms with Crippen LogP contribution in [0.15, 0.2) is 42.5 Å². The van der Waals surface area contributed by atoms with E-state index in [1.54, 1.807) is 13.0 Å². The Morgan fingerprint density at radius 1 is 1.05 bits per heavy atom. The van der Waals surface area contributed by atoms with Crippen LogP contribution in [0, 0.1) is 24.1 Å². The Kier molecular flexibility index (Phi) is 5.16. The maximum Gasteiger partial charge on any atom is 0.123 e. The van der Waals surface area contributed by atoms with E-state index < -0.39 is 0 Å². The largest absolute Gasteiger partial charge is 0.490 e. The fourth-order valence-electron chi connectivity index (χ4n) is 1.88. The van der Waals surface area contributed by atoms with Crippen LogP contribution in [-0.4, -0.2) is 13.2 Å². The van der Waals surface area contributed by atoms with Crippen LogP contribution in [0.25, 0.3) is 0 Å². The molecule has 3 nitrogen and oxygen atoms in total. The third-order valence-electron chi connectivity index (χ3n) is 2.95. The standard InChI is InChI=1S/C17H16FNO2/c1-13-12-15(18)4-7-17(13)21-11-10-20-16-5-2-14(3-6-16)8-9-19/h2-7,12H,8,10-11H2,1H3. The van der Waals surface area contributed by atoms with Crippen LogP contribution in [0.5, 0.6) is 11.5 Å². The molecule has 0 atom stereocenters. The summed E-state index contributed by atoms with van der Waals surface area (Å²) >= 11 is 0. The fourth-order valence-corrected chi connectivity index (χ4v) is 1.88. The normalized spacial score (nSPS) is 9.95. The molecule has 0 fully saturated rings. The van der Waals surface area contributed by atoms with Crippen LogP contribution in [0.1, 0.15) is 11.1 Å². The van der Waals surface area contributed by atoms with Gasteiger partial charge in [-0.05, 0) is 48.4 Å². The van der Waals surface area contributed by atoms with Crippen molar-refractivity contribution in [1.29, 1.82) is 5.26 Å². The smallest absolute Gasteiger partial charge is 0.123 e. The van der Waals surface area contributed by atoms with Crippen molar-refractivity contribution in [2.24, 2.45) is 0 Å². The second-order valence-electron chi connectivity index (χ2n) is 4.59. The molecule has 0 aliphatic heterocycles. The third-order valence-corrected chi connectivity index (χ3v) is 2.95. The number of nitrogens with zero attached hydrogens (tertiary/aromatic N) is 1. The molecule has 0 aliphatic rings. The molecule has 0 aromatic heterocycles. The Hall–Kier alpha value is -2.54. The highest BCUT2D eigenvalue weighted by Gasteiger charge is 2.01. The summed E-state index contributed by atoms with van der Waals surface area (Å²) in [6.45, 7) is 2.58. The number of aryl methyl sites for hydroxylation is 1. The lowest BCUT2D eigenvalue weighted by Gasteiger charge is -2.10. The molecule has 0 spiro atoms. The van der Waals surface area contributed by atoms with Gasteiger partial charge in [-0.15, -0.1) is 0 Å². The van der Waals surface area contributed by atoms with Crippen molar-refractivity contribution >= 4 is 0 Å². The highest BCUT2D eigenvalue weighted by Crippen LogP contribution is 2.18. The van der Waals surface area contributed by atoms with Gasteiger partial charge in [-0.1, -0.05) is 12.1 Å². The number of hydrogen-bond donors (Lipinski definition) is 0. The van der Waals surface area contributed by atoms with Gasteiger partial charge in [0.15, 0.2) is 0 Å². The number of hydrogen-bond acceptors (Lipinski definition) is 3. The van der Waals surface area contributed by atoms with Gasteiger partial charge in [-0.25, -0.2) is 4.39 Å². The van der Waals surface area contributed by atoms with Crippen LogP contribution in [0.4, 0.5) is 4.39 Å². The lowest BCUT2D eigenvalue weighted by atomic mass is 10.2. The fraction of sp³-hybridized carbons (Fsp3) is 0.235. The zero-order valence-corrected chi connectivity index (χ0v) is 11.8. The average molecular weight is 285 g/mol. The van der Waals surface area contributed by atoms with Gasteiger partial charge in [0.25, 0.3) is 0 Å². The van der Waals surface area contributed by atoms with Gasteiger partial charge < -0.3 is 9.47 Å². The van der Waals surface area contributed by atoms with Gasteiger partial charge in [0, 0.05) is 0 Å². The molecule has 0 bridgehead atoms. The van der Waals surface area contributed by atoms with Crippen LogP contribution in [-0.2, 0) is 6.42 Å². The molecule has 2 rings (SSSR count). The zero-order valence-electron chi connectivity index (χ0n) is 11.8. The average Bonchev–Trinajstić information content (AvgIpc) is 2.47. The maximum atomic E-state index is 12.9. The molecular formula is C17H16FNO2. The summed E-state index contributed by atoms with van der Waals surface area (Å²) in [6, 6.07) is 13.9. The summed E-state index contributed by atoms with van der Waals surface area (Å²) in [5, 5.41) is 8.59. The molecule has 0 saturated carbocycles. The maximum absolute atomic E-state index is 12.9. The van der Waals surface area contributed by atoms with Crippen molar-refractivity contribution in [2.75, 3.05) is 13.2 Å². The lowest BCUT2D eigenvalue weighted by molar-refractivity contribution is 0.216. The predicted molar refractivity (Wildman–Crippen MR) is 77.9 cm³/mol. The van der Waals surface area contributed by atoms with Crippen molar-refractivity contribution in [3.63, 3.8) is 0 Å². The van der Waals surface area contributed by atoms with E-state index in [4.69, 9.17) is 14.7 Å². The summed E-state index contributed by atoms with van der Waals surface area (Å²) in [5.74, 6) is 1.12. The molecular weight excluding hydrogens is 269 g/mol. The van der Waals surface area contributed by atoms with Gasteiger partial charge in [-0.2, -0.15) is 5.26 Å². The van der Waals surface area contributed by atoms with Crippen molar-refractivity contribution in [3.8, 4) is 17.6 Å². The second-order valence-corrected chi connectivity index (χ2v) is 4.59. The summed E-state index contributed by atoms with van der Waals surface area (Å²) in [5.41, 5.74) is 1.72. The highest BCUT2D eigenvalue weighted by molar-refractivity contribution is 5.32. The summed E-state index contributed by atoms with van der Waals surface area (Å²) in [4.78, 5) is 0. The topological polar surface area (TPSA) is 42.2 Å². The first-order valence-corrected chi connectivity index (χ1v) is 6.66. The van der Waals surface area contributed by atoms with Crippen molar-refractivity contribution < 1.29 is 13.9 Å². The molecule has 108 valence electrons. The van der Waals surface area contributed by atoms with Gasteiger partial charge >= 0.3 is 0 Å². The van der Waals surface area contributed by atoms with Crippen molar-refractivity contribution in [3.05, 3.63) is 59.4 Å². The Balaban J connectivity index is 1.78. The monoisotopic (exact) mass is 285 g/mol. The highest BCUT2D eigenvalue weighted by atomic mass is 19.1. The van der Waals surface area contributed by atoms with E-state index in [9.17, 15) is 4.39 Å². The van der Waals surface area contributed by atoms with E-state index in [0.29, 0.717) is 25.4 Å². The van der Waals surface area contributed by atoms with E-state index in [-0.39, 0.29) is 5.82 Å². The van der Waals surface area contributed by atoms with Crippen LogP contribution < -0.4 is 9.47 Å². The predicted octanol–water partition coefficient (Wildman–Crippen LogP) is 3.66. The summed E-state index contributed by atoms with van der Waals surface area (Å²) in [7, 11) is 0. The first-order chi connectivity index (χ1) is 10.2. The first-order valence-electron chi connectivity index (χ1n) is 6.66.